The summed E-state index contributed by atoms with van der Waals surface area (Å²) in [6, 6.07) is 6.66. The Morgan fingerprint density at radius 1 is 1.38 bits per heavy atom. The Balaban J connectivity index is 2.32. The van der Waals surface area contributed by atoms with Crippen LogP contribution in [0.3, 0.4) is 0 Å². The number of ketones is 1. The summed E-state index contributed by atoms with van der Waals surface area (Å²) in [6.45, 7) is -0.0188. The summed E-state index contributed by atoms with van der Waals surface area (Å²) in [4.78, 5) is 22.1. The maximum absolute atomic E-state index is 11.3. The Hall–Kier alpha value is -2.21. The summed E-state index contributed by atoms with van der Waals surface area (Å²) in [6.07, 6.45) is 1.26. The molecule has 82 valence electrons. The van der Waals surface area contributed by atoms with E-state index in [9.17, 15) is 9.59 Å². The van der Waals surface area contributed by atoms with Crippen LogP contribution in [0.25, 0.3) is 5.69 Å². The molecule has 0 atom stereocenters. The predicted octanol–water partition coefficient (Wildman–Crippen LogP) is -0.614. The molecule has 0 aliphatic rings. The Morgan fingerprint density at radius 3 is 2.56 bits per heavy atom. The third kappa shape index (κ3) is 1.91. The normalized spacial score (nSPS) is 10.3. The van der Waals surface area contributed by atoms with Gasteiger partial charge in [-0.15, -0.1) is 0 Å². The zero-order valence-electron chi connectivity index (χ0n) is 8.34. The van der Waals surface area contributed by atoms with Crippen molar-refractivity contribution in [1.82, 2.24) is 5.27 Å². The molecule has 2 rings (SSSR count). The van der Waals surface area contributed by atoms with Gasteiger partial charge in [0.25, 0.3) is 6.20 Å². The highest BCUT2D eigenvalue weighted by Gasteiger charge is 2.11. The Labute approximate surface area is 90.2 Å². The van der Waals surface area contributed by atoms with Crippen LogP contribution in [0.1, 0.15) is 10.4 Å². The minimum absolute atomic E-state index is 0.0188. The number of nitrogens with zero attached hydrogens (tertiary/aromatic N) is 1. The molecule has 6 nitrogen and oxygen atoms in total. The van der Waals surface area contributed by atoms with Gasteiger partial charge in [-0.1, -0.05) is 0 Å². The van der Waals surface area contributed by atoms with E-state index in [0.29, 0.717) is 11.3 Å². The van der Waals surface area contributed by atoms with Gasteiger partial charge in [0.05, 0.1) is 6.54 Å². The van der Waals surface area contributed by atoms with Crippen molar-refractivity contribution in [3.8, 4) is 5.69 Å². The topological polar surface area (TPSA) is 93.0 Å². The first-order valence-corrected chi connectivity index (χ1v) is 4.64. The molecule has 1 heterocycles. The molecule has 0 saturated heterocycles. The first kappa shape index (κ1) is 10.3. The molecule has 6 heteroatoms. The highest BCUT2D eigenvalue weighted by atomic mass is 16.5. The van der Waals surface area contributed by atoms with E-state index in [-0.39, 0.29) is 12.3 Å². The quantitative estimate of drug-likeness (QED) is 0.533. The minimum Gasteiger partial charge on any atom is -0.324 e. The van der Waals surface area contributed by atoms with E-state index >= 15 is 0 Å². The molecular formula is C10H10N3O3+. The molecule has 0 amide bonds. The monoisotopic (exact) mass is 220 g/mol. The van der Waals surface area contributed by atoms with Crippen LogP contribution in [0.4, 0.5) is 0 Å². The molecule has 1 aromatic carbocycles. The molecule has 0 saturated carbocycles. The second kappa shape index (κ2) is 4.11. The lowest BCUT2D eigenvalue weighted by Crippen LogP contribution is -2.32. The Bertz CT molecular complexity index is 553. The molecule has 3 N–H and O–H groups in total. The first-order valence-electron chi connectivity index (χ1n) is 4.64. The van der Waals surface area contributed by atoms with Gasteiger partial charge in [0, 0.05) is 17.7 Å². The maximum Gasteiger partial charge on any atom is 0.427 e. The Morgan fingerprint density at radius 2 is 2.06 bits per heavy atom. The average Bonchev–Trinajstić information content (AvgIpc) is 2.75. The van der Waals surface area contributed by atoms with Crippen LogP contribution in [0.5, 0.6) is 0 Å². The molecule has 0 bridgehead atoms. The van der Waals surface area contributed by atoms with Crippen molar-refractivity contribution in [2.45, 2.75) is 0 Å². The molecule has 0 spiro atoms. The van der Waals surface area contributed by atoms with Gasteiger partial charge in [-0.3, -0.25) is 9.32 Å². The standard InChI is InChI=1S/C10H9N3O3/c11-5-9(14)7-1-3-8(4-2-7)13-6-10(15)16-12-13/h1-4,6H,5,11H2/p+1. The number of H-pyrrole nitrogens is 1. The lowest BCUT2D eigenvalue weighted by Gasteiger charge is -1.96. The zero-order chi connectivity index (χ0) is 11.5. The van der Waals surface area contributed by atoms with Crippen LogP contribution < -0.4 is 16.0 Å². The average molecular weight is 220 g/mol. The second-order valence-electron chi connectivity index (χ2n) is 3.19. The van der Waals surface area contributed by atoms with Gasteiger partial charge in [0.1, 0.15) is 0 Å². The van der Waals surface area contributed by atoms with Crippen LogP contribution >= 0.6 is 0 Å². The number of benzene rings is 1. The molecule has 16 heavy (non-hydrogen) atoms. The summed E-state index contributed by atoms with van der Waals surface area (Å²) in [7, 11) is 0. The molecule has 2 aromatic rings. The smallest absolute Gasteiger partial charge is 0.324 e. The van der Waals surface area contributed by atoms with E-state index in [0.717, 1.165) is 0 Å². The van der Waals surface area contributed by atoms with E-state index in [2.05, 4.69) is 9.79 Å². The van der Waals surface area contributed by atoms with E-state index in [1.165, 1.54) is 10.9 Å². The molecule has 0 radical (unpaired) electrons. The Kier molecular flexibility index (Phi) is 2.65. The van der Waals surface area contributed by atoms with Crippen LogP contribution in [0, 0.1) is 0 Å². The SMILES string of the molecule is NCC(=O)c1ccc(-[n+]2cc(=O)o[nH]2)cc1. The first-order chi connectivity index (χ1) is 7.70. The number of carbonyl (C=O) groups excluding carboxylic acids is 1. The van der Waals surface area contributed by atoms with Gasteiger partial charge < -0.3 is 5.73 Å². The lowest BCUT2D eigenvalue weighted by molar-refractivity contribution is -0.670. The summed E-state index contributed by atoms with van der Waals surface area (Å²) in [5.41, 5.74) is 6.00. The number of carbonyl (C=O) groups is 1. The van der Waals surface area contributed by atoms with E-state index in [4.69, 9.17) is 5.73 Å². The van der Waals surface area contributed by atoms with E-state index in [1.807, 2.05) is 0 Å². The van der Waals surface area contributed by atoms with Crippen molar-refractivity contribution in [2.75, 3.05) is 6.54 Å². The van der Waals surface area contributed by atoms with Crippen molar-refractivity contribution in [3.05, 3.63) is 46.4 Å². The summed E-state index contributed by atoms with van der Waals surface area (Å²) < 4.78 is 5.93. The highest BCUT2D eigenvalue weighted by molar-refractivity contribution is 5.97. The molecule has 0 fully saturated rings. The molecule has 0 unspecified atom stereocenters. The largest absolute Gasteiger partial charge is 0.427 e. The summed E-state index contributed by atoms with van der Waals surface area (Å²) >= 11 is 0. The van der Waals surface area contributed by atoms with Gasteiger partial charge in [-0.25, -0.2) is 4.79 Å². The van der Waals surface area contributed by atoms with Crippen LogP contribution in [-0.2, 0) is 0 Å². The van der Waals surface area contributed by atoms with Crippen molar-refractivity contribution in [3.63, 3.8) is 0 Å². The van der Waals surface area contributed by atoms with Crippen molar-refractivity contribution in [2.24, 2.45) is 5.73 Å². The van der Waals surface area contributed by atoms with Crippen LogP contribution in [0.15, 0.2) is 39.8 Å². The van der Waals surface area contributed by atoms with Gasteiger partial charge in [0.2, 0.25) is 5.69 Å². The number of nitrogens with two attached hydrogens (primary N) is 1. The zero-order valence-corrected chi connectivity index (χ0v) is 8.34. The van der Waals surface area contributed by atoms with Crippen LogP contribution in [0.2, 0.25) is 0 Å². The van der Waals surface area contributed by atoms with Gasteiger partial charge in [-0.2, -0.15) is 0 Å². The number of nitrogens with one attached hydrogen (secondary N) is 1. The molecule has 1 aromatic heterocycles. The summed E-state index contributed by atoms with van der Waals surface area (Å²) in [5, 5.41) is 2.40. The fraction of sp³-hybridized carbons (Fsp3) is 0.100. The molecule has 0 aliphatic carbocycles. The molecular weight excluding hydrogens is 210 g/mol. The van der Waals surface area contributed by atoms with E-state index < -0.39 is 5.63 Å². The number of aromatic nitrogens is 2. The van der Waals surface area contributed by atoms with Gasteiger partial charge in [-0.05, 0) is 22.1 Å². The van der Waals surface area contributed by atoms with E-state index in [1.54, 1.807) is 24.3 Å². The van der Waals surface area contributed by atoms with Crippen LogP contribution in [-0.4, -0.2) is 17.6 Å². The van der Waals surface area contributed by atoms with Crippen molar-refractivity contribution in [1.29, 1.82) is 0 Å². The van der Waals surface area contributed by atoms with Crippen molar-refractivity contribution < 1.29 is 14.0 Å². The lowest BCUT2D eigenvalue weighted by atomic mass is 10.1. The number of Topliss-reactive ketones (excluding diaryl/α,β-unsaturated/α-hetero) is 1. The fourth-order valence-electron chi connectivity index (χ4n) is 1.31. The molecule has 0 aliphatic heterocycles. The van der Waals surface area contributed by atoms with Gasteiger partial charge >= 0.3 is 5.63 Å². The third-order valence-electron chi connectivity index (χ3n) is 2.13. The second-order valence-corrected chi connectivity index (χ2v) is 3.19. The summed E-state index contributed by atoms with van der Waals surface area (Å²) in [5.74, 6) is -0.128. The maximum atomic E-state index is 11.3. The fourth-order valence-corrected chi connectivity index (χ4v) is 1.31. The predicted molar refractivity (Wildman–Crippen MR) is 54.2 cm³/mol. The number of aromatic amines is 1. The van der Waals surface area contributed by atoms with Gasteiger partial charge in [0.15, 0.2) is 5.78 Å². The number of rotatable bonds is 3. The highest BCUT2D eigenvalue weighted by Crippen LogP contribution is 2.03. The third-order valence-corrected chi connectivity index (χ3v) is 2.13. The number of hydrogen-bond acceptors (Lipinski definition) is 4. The van der Waals surface area contributed by atoms with Crippen molar-refractivity contribution >= 4 is 5.78 Å². The number of hydrogen-bond donors (Lipinski definition) is 2. The minimum atomic E-state index is -0.470.